The number of nitrogens with zero attached hydrogens (tertiary/aromatic N) is 1. The van der Waals surface area contributed by atoms with Gasteiger partial charge >= 0.3 is 12.6 Å². The van der Waals surface area contributed by atoms with Gasteiger partial charge in [-0.2, -0.15) is 14.0 Å². The summed E-state index contributed by atoms with van der Waals surface area (Å²) >= 11 is 5.61. The lowest BCUT2D eigenvalue weighted by Gasteiger charge is -2.13. The molecular formula is C11H8ClF2NO3. The van der Waals surface area contributed by atoms with E-state index in [1.807, 2.05) is 0 Å². The first-order chi connectivity index (χ1) is 8.49. The van der Waals surface area contributed by atoms with Crippen LogP contribution in [0.5, 0.6) is 5.75 Å². The van der Waals surface area contributed by atoms with Crippen molar-refractivity contribution in [2.75, 3.05) is 0 Å². The SMILES string of the molecule is N#Cc1ccc(OC(F)F)c(CCl)c1CC(=O)O. The fraction of sp³-hybridized carbons (Fsp3) is 0.273. The first-order valence-corrected chi connectivity index (χ1v) is 5.30. The molecule has 0 radical (unpaired) electrons. The quantitative estimate of drug-likeness (QED) is 0.838. The number of nitriles is 1. The molecule has 0 aliphatic rings. The van der Waals surface area contributed by atoms with Crippen LogP contribution in [0.4, 0.5) is 8.78 Å². The van der Waals surface area contributed by atoms with Crippen molar-refractivity contribution in [2.45, 2.75) is 18.9 Å². The van der Waals surface area contributed by atoms with Gasteiger partial charge in [0, 0.05) is 5.56 Å². The Kier molecular flexibility index (Phi) is 4.86. The van der Waals surface area contributed by atoms with Crippen LogP contribution in [0.15, 0.2) is 12.1 Å². The Morgan fingerprint density at radius 1 is 1.50 bits per heavy atom. The number of carbonyl (C=O) groups is 1. The van der Waals surface area contributed by atoms with E-state index in [2.05, 4.69) is 4.74 Å². The number of aliphatic carboxylic acids is 1. The second-order valence-electron chi connectivity index (χ2n) is 3.26. The molecule has 1 rings (SSSR count). The van der Waals surface area contributed by atoms with E-state index >= 15 is 0 Å². The van der Waals surface area contributed by atoms with Gasteiger partial charge in [-0.3, -0.25) is 4.79 Å². The van der Waals surface area contributed by atoms with Crippen molar-refractivity contribution in [1.82, 2.24) is 0 Å². The van der Waals surface area contributed by atoms with Gasteiger partial charge in [0.15, 0.2) is 0 Å². The van der Waals surface area contributed by atoms with Gasteiger partial charge in [-0.15, -0.1) is 11.6 Å². The van der Waals surface area contributed by atoms with Crippen LogP contribution in [-0.2, 0) is 17.1 Å². The summed E-state index contributed by atoms with van der Waals surface area (Å²) in [6.07, 6.45) is -0.481. The van der Waals surface area contributed by atoms with Crippen LogP contribution in [0.1, 0.15) is 16.7 Å². The monoisotopic (exact) mass is 275 g/mol. The highest BCUT2D eigenvalue weighted by Gasteiger charge is 2.18. The van der Waals surface area contributed by atoms with Crippen LogP contribution in [0.25, 0.3) is 0 Å². The number of benzene rings is 1. The smallest absolute Gasteiger partial charge is 0.387 e. The van der Waals surface area contributed by atoms with Crippen LogP contribution < -0.4 is 4.74 Å². The predicted octanol–water partition coefficient (Wildman–Crippen LogP) is 2.53. The van der Waals surface area contributed by atoms with Crippen molar-refractivity contribution < 1.29 is 23.4 Å². The molecule has 1 N–H and O–H groups in total. The van der Waals surface area contributed by atoms with Gasteiger partial charge < -0.3 is 9.84 Å². The van der Waals surface area contributed by atoms with Gasteiger partial charge in [0.05, 0.1) is 23.9 Å². The molecule has 7 heteroatoms. The fourth-order valence-electron chi connectivity index (χ4n) is 1.48. The molecule has 0 amide bonds. The van der Waals surface area contributed by atoms with Crippen LogP contribution in [-0.4, -0.2) is 17.7 Å². The summed E-state index contributed by atoms with van der Waals surface area (Å²) in [6.45, 7) is -3.04. The molecule has 0 unspecified atom stereocenters. The van der Waals surface area contributed by atoms with Crippen molar-refractivity contribution in [3.63, 3.8) is 0 Å². The molecule has 96 valence electrons. The van der Waals surface area contributed by atoms with Crippen molar-refractivity contribution >= 4 is 17.6 Å². The number of rotatable bonds is 5. The molecule has 1 aromatic carbocycles. The Morgan fingerprint density at radius 3 is 2.61 bits per heavy atom. The highest BCUT2D eigenvalue weighted by Crippen LogP contribution is 2.29. The molecule has 0 aliphatic carbocycles. The average Bonchev–Trinajstić information content (AvgIpc) is 2.28. The van der Waals surface area contributed by atoms with Gasteiger partial charge in [-0.1, -0.05) is 0 Å². The maximum Gasteiger partial charge on any atom is 0.387 e. The summed E-state index contributed by atoms with van der Waals surface area (Å²) in [5.74, 6) is -1.62. The lowest BCUT2D eigenvalue weighted by atomic mass is 9.99. The maximum absolute atomic E-state index is 12.2. The van der Waals surface area contributed by atoms with Crippen LogP contribution in [0.3, 0.4) is 0 Å². The van der Waals surface area contributed by atoms with E-state index < -0.39 is 19.0 Å². The Morgan fingerprint density at radius 2 is 2.17 bits per heavy atom. The zero-order valence-corrected chi connectivity index (χ0v) is 9.75. The molecule has 0 atom stereocenters. The molecule has 1 aromatic rings. The van der Waals surface area contributed by atoms with Crippen molar-refractivity contribution in [3.05, 3.63) is 28.8 Å². The predicted molar refractivity (Wildman–Crippen MR) is 58.7 cm³/mol. The van der Waals surface area contributed by atoms with E-state index in [1.165, 1.54) is 12.1 Å². The molecule has 0 aromatic heterocycles. The largest absolute Gasteiger partial charge is 0.481 e. The Balaban J connectivity index is 3.33. The van der Waals surface area contributed by atoms with Crippen molar-refractivity contribution in [2.24, 2.45) is 0 Å². The third kappa shape index (κ3) is 3.31. The third-order valence-electron chi connectivity index (χ3n) is 2.19. The minimum Gasteiger partial charge on any atom is -0.481 e. The summed E-state index contributed by atoms with van der Waals surface area (Å²) < 4.78 is 28.6. The summed E-state index contributed by atoms with van der Waals surface area (Å²) in [7, 11) is 0. The van der Waals surface area contributed by atoms with Gasteiger partial charge in [0.1, 0.15) is 5.75 Å². The first kappa shape index (κ1) is 14.2. The minimum absolute atomic E-state index is 0.0784. The Bertz CT molecular complexity index is 500. The van der Waals surface area contributed by atoms with Crippen molar-refractivity contribution in [3.8, 4) is 11.8 Å². The van der Waals surface area contributed by atoms with E-state index in [0.717, 1.165) is 0 Å². The standard InChI is InChI=1S/C11H8ClF2NO3/c12-4-8-7(3-10(16)17)6(5-15)1-2-9(8)18-11(13)14/h1-2,11H,3-4H2,(H,16,17). The highest BCUT2D eigenvalue weighted by molar-refractivity contribution is 6.17. The normalized spacial score (nSPS) is 10.2. The molecule has 0 saturated heterocycles. The molecule has 4 nitrogen and oxygen atoms in total. The molecular weight excluding hydrogens is 268 g/mol. The first-order valence-electron chi connectivity index (χ1n) is 4.77. The summed E-state index contributed by atoms with van der Waals surface area (Å²) in [5, 5.41) is 17.6. The zero-order chi connectivity index (χ0) is 13.7. The van der Waals surface area contributed by atoms with Gasteiger partial charge in [-0.25, -0.2) is 0 Å². The van der Waals surface area contributed by atoms with Gasteiger partial charge in [-0.05, 0) is 17.7 Å². The summed E-state index contributed by atoms with van der Waals surface area (Å²) in [4.78, 5) is 10.7. The number of ether oxygens (including phenoxy) is 1. The second-order valence-corrected chi connectivity index (χ2v) is 3.53. The van der Waals surface area contributed by atoms with Gasteiger partial charge in [0.2, 0.25) is 0 Å². The molecule has 0 aliphatic heterocycles. The van der Waals surface area contributed by atoms with Crippen LogP contribution in [0, 0.1) is 11.3 Å². The molecule has 0 heterocycles. The highest BCUT2D eigenvalue weighted by atomic mass is 35.5. The number of alkyl halides is 3. The Labute approximate surface area is 106 Å². The number of halogens is 3. The van der Waals surface area contributed by atoms with Crippen molar-refractivity contribution in [1.29, 1.82) is 5.26 Å². The van der Waals surface area contributed by atoms with E-state index in [9.17, 15) is 13.6 Å². The van der Waals surface area contributed by atoms with E-state index in [1.54, 1.807) is 6.07 Å². The fourth-order valence-corrected chi connectivity index (χ4v) is 1.78. The summed E-state index contributed by atoms with van der Waals surface area (Å²) in [6, 6.07) is 4.19. The average molecular weight is 276 g/mol. The minimum atomic E-state index is -3.04. The zero-order valence-electron chi connectivity index (χ0n) is 8.99. The van der Waals surface area contributed by atoms with E-state index in [4.69, 9.17) is 22.0 Å². The van der Waals surface area contributed by atoms with Gasteiger partial charge in [0.25, 0.3) is 0 Å². The Hall–Kier alpha value is -1.87. The maximum atomic E-state index is 12.2. The number of carboxylic acids is 1. The topological polar surface area (TPSA) is 70.3 Å². The molecule has 18 heavy (non-hydrogen) atoms. The lowest BCUT2D eigenvalue weighted by molar-refractivity contribution is -0.136. The lowest BCUT2D eigenvalue weighted by Crippen LogP contribution is -2.10. The molecule has 0 fully saturated rings. The molecule has 0 bridgehead atoms. The number of hydrogen-bond acceptors (Lipinski definition) is 3. The number of carboxylic acid groups (broad SMARTS) is 1. The van der Waals surface area contributed by atoms with E-state index in [0.29, 0.717) is 0 Å². The van der Waals surface area contributed by atoms with Crippen LogP contribution >= 0.6 is 11.6 Å². The molecule has 0 spiro atoms. The number of hydrogen-bond donors (Lipinski definition) is 1. The van der Waals surface area contributed by atoms with E-state index in [-0.39, 0.29) is 28.3 Å². The molecule has 0 saturated carbocycles. The van der Waals surface area contributed by atoms with Crippen LogP contribution in [0.2, 0.25) is 0 Å². The second kappa shape index (κ2) is 6.17. The summed E-state index contributed by atoms with van der Waals surface area (Å²) in [5.41, 5.74) is 0.270. The third-order valence-corrected chi connectivity index (χ3v) is 2.45.